The van der Waals surface area contributed by atoms with Gasteiger partial charge in [-0.25, -0.2) is 5.43 Å². The Morgan fingerprint density at radius 2 is 1.71 bits per heavy atom. The molecule has 0 aliphatic rings. The number of nitrogens with one attached hydrogen (secondary N) is 2. The summed E-state index contributed by atoms with van der Waals surface area (Å²) in [7, 11) is 0. The van der Waals surface area contributed by atoms with E-state index >= 15 is 0 Å². The van der Waals surface area contributed by atoms with Crippen LogP contribution in [-0.4, -0.2) is 6.04 Å². The second kappa shape index (κ2) is 5.23. The third kappa shape index (κ3) is 3.06. The van der Waals surface area contributed by atoms with Gasteiger partial charge in [-0.2, -0.15) is 10.5 Å². The summed E-state index contributed by atoms with van der Waals surface area (Å²) in [5.41, 5.74) is 6.12. The molecule has 0 aliphatic heterocycles. The van der Waals surface area contributed by atoms with Crippen LogP contribution in [-0.2, 0) is 0 Å². The molecule has 0 spiro atoms. The predicted molar refractivity (Wildman–Crippen MR) is 55.9 cm³/mol. The van der Waals surface area contributed by atoms with Gasteiger partial charge in [0.25, 0.3) is 0 Å². The zero-order valence-corrected chi connectivity index (χ0v) is 8.75. The number of nitrogens with zero attached hydrogens (tertiary/aromatic N) is 2. The van der Waals surface area contributed by atoms with Gasteiger partial charge in [-0.3, -0.25) is 0 Å². The van der Waals surface area contributed by atoms with Crippen molar-refractivity contribution in [2.75, 3.05) is 5.43 Å². The van der Waals surface area contributed by atoms with E-state index in [2.05, 4.69) is 26.8 Å². The molecule has 70 valence electrons. The van der Waals surface area contributed by atoms with E-state index in [0.717, 1.165) is 10.2 Å². The van der Waals surface area contributed by atoms with Gasteiger partial charge in [-0.05, 0) is 24.3 Å². The van der Waals surface area contributed by atoms with Gasteiger partial charge in [0.15, 0.2) is 6.04 Å². The van der Waals surface area contributed by atoms with Crippen LogP contribution in [0.15, 0.2) is 28.7 Å². The third-order valence-corrected chi connectivity index (χ3v) is 1.99. The Hall–Kier alpha value is -1.56. The van der Waals surface area contributed by atoms with Crippen molar-refractivity contribution in [2.45, 2.75) is 6.04 Å². The molecule has 1 aromatic rings. The quantitative estimate of drug-likeness (QED) is 0.803. The number of hydrogen-bond donors (Lipinski definition) is 2. The summed E-state index contributed by atoms with van der Waals surface area (Å²) in [6.45, 7) is 0. The van der Waals surface area contributed by atoms with Crippen LogP contribution < -0.4 is 10.9 Å². The van der Waals surface area contributed by atoms with Crippen LogP contribution in [0, 0.1) is 22.7 Å². The summed E-state index contributed by atoms with van der Waals surface area (Å²) >= 11 is 3.30. The summed E-state index contributed by atoms with van der Waals surface area (Å²) in [5.74, 6) is 0. The molecule has 14 heavy (non-hydrogen) atoms. The van der Waals surface area contributed by atoms with Crippen molar-refractivity contribution in [3.8, 4) is 12.1 Å². The molecule has 0 aliphatic carbocycles. The van der Waals surface area contributed by atoms with E-state index < -0.39 is 6.04 Å². The van der Waals surface area contributed by atoms with Crippen LogP contribution in [0.25, 0.3) is 0 Å². The Labute approximate surface area is 90.2 Å². The van der Waals surface area contributed by atoms with Crippen molar-refractivity contribution in [1.29, 1.82) is 10.5 Å². The average Bonchev–Trinajstić information content (AvgIpc) is 2.22. The molecule has 0 radical (unpaired) electrons. The van der Waals surface area contributed by atoms with E-state index in [4.69, 9.17) is 10.5 Å². The maximum absolute atomic E-state index is 8.47. The van der Waals surface area contributed by atoms with Crippen molar-refractivity contribution in [3.63, 3.8) is 0 Å². The molecule has 1 rings (SSSR count). The molecule has 0 atom stereocenters. The average molecular weight is 251 g/mol. The first-order chi connectivity index (χ1) is 6.76. The molecule has 0 saturated heterocycles. The number of halogens is 1. The zero-order chi connectivity index (χ0) is 10.4. The zero-order valence-electron chi connectivity index (χ0n) is 7.16. The highest BCUT2D eigenvalue weighted by atomic mass is 79.9. The molecule has 1 aromatic carbocycles. The summed E-state index contributed by atoms with van der Waals surface area (Å²) in [6, 6.07) is 10.1. The lowest BCUT2D eigenvalue weighted by Crippen LogP contribution is -2.31. The predicted octanol–water partition coefficient (Wildman–Crippen LogP) is 1.78. The molecular formula is C9H7BrN4. The van der Waals surface area contributed by atoms with Gasteiger partial charge in [0, 0.05) is 10.2 Å². The maximum atomic E-state index is 8.47. The topological polar surface area (TPSA) is 71.6 Å². The van der Waals surface area contributed by atoms with Crippen LogP contribution in [0.1, 0.15) is 0 Å². The van der Waals surface area contributed by atoms with Gasteiger partial charge >= 0.3 is 0 Å². The number of hydrogen-bond acceptors (Lipinski definition) is 4. The maximum Gasteiger partial charge on any atom is 0.199 e. The van der Waals surface area contributed by atoms with Crippen molar-refractivity contribution in [3.05, 3.63) is 28.7 Å². The fourth-order valence-electron chi connectivity index (χ4n) is 0.782. The van der Waals surface area contributed by atoms with E-state index in [0.29, 0.717) is 0 Å². The minimum Gasteiger partial charge on any atom is -0.319 e. The third-order valence-electron chi connectivity index (χ3n) is 1.46. The second-order valence-corrected chi connectivity index (χ2v) is 3.38. The van der Waals surface area contributed by atoms with Crippen molar-refractivity contribution < 1.29 is 0 Å². The standard InChI is InChI=1S/C9H7BrN4/c10-7-1-3-8(4-2-7)13-14-9(5-11)6-12/h1-4,9,13-14H. The number of nitriles is 2. The molecule has 0 bridgehead atoms. The summed E-state index contributed by atoms with van der Waals surface area (Å²) in [6.07, 6.45) is 0. The van der Waals surface area contributed by atoms with Crippen molar-refractivity contribution in [2.24, 2.45) is 0 Å². The highest BCUT2D eigenvalue weighted by Crippen LogP contribution is 2.13. The molecule has 0 unspecified atom stereocenters. The smallest absolute Gasteiger partial charge is 0.199 e. The van der Waals surface area contributed by atoms with Crippen molar-refractivity contribution in [1.82, 2.24) is 5.43 Å². The van der Waals surface area contributed by atoms with Crippen LogP contribution >= 0.6 is 15.9 Å². The summed E-state index contributed by atoms with van der Waals surface area (Å²) in [5, 5.41) is 16.9. The van der Waals surface area contributed by atoms with Gasteiger partial charge in [0.1, 0.15) is 0 Å². The highest BCUT2D eigenvalue weighted by Gasteiger charge is 2.01. The van der Waals surface area contributed by atoms with Gasteiger partial charge < -0.3 is 5.43 Å². The molecule has 4 nitrogen and oxygen atoms in total. The second-order valence-electron chi connectivity index (χ2n) is 2.47. The van der Waals surface area contributed by atoms with E-state index in [1.54, 1.807) is 12.1 Å². The minimum absolute atomic E-state index is 0.795. The molecule has 2 N–H and O–H groups in total. The molecule has 0 aromatic heterocycles. The summed E-state index contributed by atoms with van der Waals surface area (Å²) < 4.78 is 0.972. The van der Waals surface area contributed by atoms with Crippen LogP contribution in [0.3, 0.4) is 0 Å². The molecule has 0 saturated carbocycles. The van der Waals surface area contributed by atoms with E-state index in [1.165, 1.54) is 0 Å². The largest absolute Gasteiger partial charge is 0.319 e. The first-order valence-electron chi connectivity index (χ1n) is 3.82. The molecule has 5 heteroatoms. The molecule has 0 fully saturated rings. The molecular weight excluding hydrogens is 244 g/mol. The molecule has 0 amide bonds. The van der Waals surface area contributed by atoms with E-state index in [1.807, 2.05) is 24.3 Å². The Kier molecular flexibility index (Phi) is 3.93. The number of rotatable bonds is 3. The Bertz CT molecular complexity index is 359. The van der Waals surface area contributed by atoms with Crippen LogP contribution in [0.4, 0.5) is 5.69 Å². The van der Waals surface area contributed by atoms with Crippen molar-refractivity contribution >= 4 is 21.6 Å². The van der Waals surface area contributed by atoms with Gasteiger partial charge in [0.2, 0.25) is 0 Å². The van der Waals surface area contributed by atoms with E-state index in [9.17, 15) is 0 Å². The molecule has 0 heterocycles. The van der Waals surface area contributed by atoms with Crippen LogP contribution in [0.5, 0.6) is 0 Å². The lowest BCUT2D eigenvalue weighted by atomic mass is 10.3. The Balaban J connectivity index is 2.51. The van der Waals surface area contributed by atoms with Gasteiger partial charge in [-0.1, -0.05) is 15.9 Å². The van der Waals surface area contributed by atoms with Crippen LogP contribution in [0.2, 0.25) is 0 Å². The normalized spacial score (nSPS) is 9.14. The lowest BCUT2D eigenvalue weighted by Gasteiger charge is -2.07. The van der Waals surface area contributed by atoms with E-state index in [-0.39, 0.29) is 0 Å². The SMILES string of the molecule is N#CC(C#N)NNc1ccc(Br)cc1. The van der Waals surface area contributed by atoms with Gasteiger partial charge in [0.05, 0.1) is 12.1 Å². The fourth-order valence-corrected chi connectivity index (χ4v) is 1.05. The number of benzene rings is 1. The lowest BCUT2D eigenvalue weighted by molar-refractivity contribution is 0.797. The Morgan fingerprint density at radius 3 is 2.21 bits per heavy atom. The first kappa shape index (κ1) is 10.5. The number of hydrazine groups is 1. The first-order valence-corrected chi connectivity index (χ1v) is 4.62. The van der Waals surface area contributed by atoms with Gasteiger partial charge in [-0.15, -0.1) is 0 Å². The Morgan fingerprint density at radius 1 is 1.14 bits per heavy atom. The highest BCUT2D eigenvalue weighted by molar-refractivity contribution is 9.10. The minimum atomic E-state index is -0.848. The monoisotopic (exact) mass is 250 g/mol. The fraction of sp³-hybridized carbons (Fsp3) is 0.111. The summed E-state index contributed by atoms with van der Waals surface area (Å²) in [4.78, 5) is 0. The number of anilines is 1.